The third-order valence-corrected chi connectivity index (χ3v) is 7.84. The van der Waals surface area contributed by atoms with Gasteiger partial charge in [-0.2, -0.15) is 0 Å². The summed E-state index contributed by atoms with van der Waals surface area (Å²) in [5.74, 6) is -1.30. The first kappa shape index (κ1) is 28.5. The van der Waals surface area contributed by atoms with Crippen LogP contribution in [0.25, 0.3) is 0 Å². The van der Waals surface area contributed by atoms with Crippen molar-refractivity contribution in [2.24, 2.45) is 0 Å². The SMILES string of the molecule is CN(C)CC[C@@H](CCc1ccccc1)Oc1ccc(S(=O)(=O)NC(=O)C2(F)CCCCC2)cc1[N+](=O)[O-]. The zero-order valence-corrected chi connectivity index (χ0v) is 22.0. The lowest BCUT2D eigenvalue weighted by atomic mass is 9.86. The number of nitrogens with zero attached hydrogens (tertiary/aromatic N) is 2. The number of amides is 1. The average Bonchev–Trinajstić information content (AvgIpc) is 2.86. The fraction of sp³-hybridized carbons (Fsp3) is 0.500. The van der Waals surface area contributed by atoms with E-state index in [1.54, 1.807) is 4.72 Å². The zero-order valence-electron chi connectivity index (χ0n) is 21.2. The number of benzene rings is 2. The lowest BCUT2D eigenvalue weighted by Crippen LogP contribution is -2.46. The van der Waals surface area contributed by atoms with E-state index in [0.29, 0.717) is 38.6 Å². The second kappa shape index (κ2) is 12.5. The summed E-state index contributed by atoms with van der Waals surface area (Å²) in [6, 6.07) is 13.0. The Balaban J connectivity index is 1.79. The van der Waals surface area contributed by atoms with Gasteiger partial charge >= 0.3 is 5.69 Å². The number of nitro benzene ring substituents is 1. The Morgan fingerprint density at radius 1 is 1.14 bits per heavy atom. The Morgan fingerprint density at radius 3 is 2.43 bits per heavy atom. The number of hydrogen-bond donors (Lipinski definition) is 1. The van der Waals surface area contributed by atoms with Crippen LogP contribution >= 0.6 is 0 Å². The van der Waals surface area contributed by atoms with Crippen LogP contribution < -0.4 is 9.46 Å². The molecule has 1 N–H and O–H groups in total. The number of carbonyl (C=O) groups excluding carboxylic acids is 1. The van der Waals surface area contributed by atoms with Crippen molar-refractivity contribution >= 4 is 21.6 Å². The predicted octanol–water partition coefficient (Wildman–Crippen LogP) is 4.40. The van der Waals surface area contributed by atoms with E-state index in [2.05, 4.69) is 0 Å². The van der Waals surface area contributed by atoms with Gasteiger partial charge in [-0.3, -0.25) is 14.9 Å². The van der Waals surface area contributed by atoms with Crippen LogP contribution in [0.1, 0.15) is 50.5 Å². The van der Waals surface area contributed by atoms with Crippen LogP contribution in [0, 0.1) is 10.1 Å². The summed E-state index contributed by atoms with van der Waals surface area (Å²) in [5.41, 5.74) is -1.70. The van der Waals surface area contributed by atoms with Gasteiger partial charge in [-0.25, -0.2) is 17.5 Å². The van der Waals surface area contributed by atoms with Crippen molar-refractivity contribution in [2.45, 2.75) is 68.0 Å². The first-order valence-electron chi connectivity index (χ1n) is 12.4. The zero-order chi connectivity index (χ0) is 27.1. The lowest BCUT2D eigenvalue weighted by Gasteiger charge is -2.27. The number of nitro groups is 1. The molecule has 1 aliphatic carbocycles. The maximum atomic E-state index is 14.9. The number of halogens is 1. The summed E-state index contributed by atoms with van der Waals surface area (Å²) in [4.78, 5) is 25.0. The molecule has 1 aliphatic rings. The summed E-state index contributed by atoms with van der Waals surface area (Å²) < 4.78 is 48.4. The largest absolute Gasteiger partial charge is 0.483 e. The third-order valence-electron chi connectivity index (χ3n) is 6.51. The lowest BCUT2D eigenvalue weighted by molar-refractivity contribution is -0.386. The molecule has 0 saturated heterocycles. The summed E-state index contributed by atoms with van der Waals surface area (Å²) in [7, 11) is -0.690. The number of sulfonamides is 1. The van der Waals surface area contributed by atoms with Gasteiger partial charge in [-0.05, 0) is 76.7 Å². The molecule has 1 atom stereocenters. The van der Waals surface area contributed by atoms with Crippen LogP contribution in [0.4, 0.5) is 10.1 Å². The highest BCUT2D eigenvalue weighted by Crippen LogP contribution is 2.34. The Bertz CT molecular complexity index is 1180. The van der Waals surface area contributed by atoms with E-state index in [0.717, 1.165) is 24.1 Å². The fourth-order valence-corrected chi connectivity index (χ4v) is 5.39. The second-order valence-electron chi connectivity index (χ2n) is 9.70. The standard InChI is InChI=1S/C26H34FN3O6S/c1-29(2)18-15-21(12-11-20-9-5-3-6-10-20)36-24-14-13-22(19-23(24)30(32)33)37(34,35)28-25(31)26(27)16-7-4-8-17-26/h3,5-6,9-10,13-14,19,21H,4,7-8,11-12,15-18H2,1-2H3,(H,28,31)/t21-/m1/s1. The molecule has 0 aromatic heterocycles. The van der Waals surface area contributed by atoms with E-state index >= 15 is 0 Å². The molecule has 0 spiro atoms. The molecule has 0 unspecified atom stereocenters. The highest BCUT2D eigenvalue weighted by Gasteiger charge is 2.41. The number of aryl methyl sites for hydroxylation is 1. The number of carbonyl (C=O) groups is 1. The molecule has 202 valence electrons. The Kier molecular flexibility index (Phi) is 9.61. The minimum absolute atomic E-state index is 0.0569. The second-order valence-corrected chi connectivity index (χ2v) is 11.4. The summed E-state index contributed by atoms with van der Waals surface area (Å²) in [6.07, 6.45) is 3.19. The average molecular weight is 536 g/mol. The third kappa shape index (κ3) is 7.96. The van der Waals surface area contributed by atoms with Crippen molar-refractivity contribution in [1.29, 1.82) is 0 Å². The topological polar surface area (TPSA) is 119 Å². The minimum Gasteiger partial charge on any atom is -0.483 e. The Morgan fingerprint density at radius 2 is 1.81 bits per heavy atom. The van der Waals surface area contributed by atoms with Gasteiger partial charge in [0.15, 0.2) is 11.4 Å². The molecule has 2 aromatic carbocycles. The maximum Gasteiger partial charge on any atom is 0.312 e. The smallest absolute Gasteiger partial charge is 0.312 e. The summed E-state index contributed by atoms with van der Waals surface area (Å²) in [5, 5.41) is 11.8. The molecule has 37 heavy (non-hydrogen) atoms. The van der Waals surface area contributed by atoms with Crippen LogP contribution in [0.3, 0.4) is 0 Å². The molecular weight excluding hydrogens is 501 g/mol. The molecule has 1 saturated carbocycles. The number of nitrogens with one attached hydrogen (secondary N) is 1. The van der Waals surface area contributed by atoms with E-state index in [-0.39, 0.29) is 24.7 Å². The van der Waals surface area contributed by atoms with E-state index in [4.69, 9.17) is 4.74 Å². The van der Waals surface area contributed by atoms with Crippen LogP contribution in [0.15, 0.2) is 53.4 Å². The molecule has 0 bridgehead atoms. The molecule has 0 heterocycles. The monoisotopic (exact) mass is 535 g/mol. The van der Waals surface area contributed by atoms with Crippen LogP contribution in [-0.2, 0) is 21.2 Å². The van der Waals surface area contributed by atoms with Gasteiger partial charge in [0.25, 0.3) is 15.9 Å². The molecule has 1 fully saturated rings. The van der Waals surface area contributed by atoms with Crippen LogP contribution in [0.5, 0.6) is 5.75 Å². The van der Waals surface area contributed by atoms with Gasteiger partial charge in [0.1, 0.15) is 6.10 Å². The number of hydrogen-bond acceptors (Lipinski definition) is 7. The first-order valence-corrected chi connectivity index (χ1v) is 13.9. The Labute approximate surface area is 217 Å². The first-order chi connectivity index (χ1) is 17.5. The van der Waals surface area contributed by atoms with Crippen molar-refractivity contribution in [3.05, 3.63) is 64.2 Å². The van der Waals surface area contributed by atoms with E-state index < -0.39 is 37.1 Å². The molecule has 2 aromatic rings. The highest BCUT2D eigenvalue weighted by molar-refractivity contribution is 7.90. The maximum absolute atomic E-state index is 14.9. The number of alkyl halides is 1. The Hall–Kier alpha value is -3.05. The van der Waals surface area contributed by atoms with Crippen molar-refractivity contribution in [2.75, 3.05) is 20.6 Å². The molecule has 3 rings (SSSR count). The van der Waals surface area contributed by atoms with Crippen LogP contribution in [-0.4, -0.2) is 56.6 Å². The molecule has 11 heteroatoms. The van der Waals surface area contributed by atoms with E-state index in [1.165, 1.54) is 6.07 Å². The molecular formula is C26H34FN3O6S. The van der Waals surface area contributed by atoms with Gasteiger partial charge < -0.3 is 9.64 Å². The van der Waals surface area contributed by atoms with Gasteiger partial charge in [0, 0.05) is 12.6 Å². The predicted molar refractivity (Wildman–Crippen MR) is 138 cm³/mol. The highest BCUT2D eigenvalue weighted by atomic mass is 32.2. The summed E-state index contributed by atoms with van der Waals surface area (Å²) >= 11 is 0. The van der Waals surface area contributed by atoms with Crippen molar-refractivity contribution in [1.82, 2.24) is 9.62 Å². The minimum atomic E-state index is -4.52. The van der Waals surface area contributed by atoms with Gasteiger partial charge in [-0.1, -0.05) is 36.8 Å². The van der Waals surface area contributed by atoms with Crippen LogP contribution in [0.2, 0.25) is 0 Å². The normalized spacial score (nSPS) is 16.2. The van der Waals surface area contributed by atoms with Gasteiger partial charge in [0.05, 0.1) is 9.82 Å². The van der Waals surface area contributed by atoms with Crippen molar-refractivity contribution in [3.8, 4) is 5.75 Å². The van der Waals surface area contributed by atoms with E-state index in [1.807, 2.05) is 49.3 Å². The summed E-state index contributed by atoms with van der Waals surface area (Å²) in [6.45, 7) is 0.691. The van der Waals surface area contributed by atoms with Gasteiger partial charge in [-0.15, -0.1) is 0 Å². The number of ether oxygens (including phenoxy) is 1. The van der Waals surface area contributed by atoms with Crippen molar-refractivity contribution in [3.63, 3.8) is 0 Å². The molecule has 1 amide bonds. The molecule has 0 aliphatic heterocycles. The fourth-order valence-electron chi connectivity index (χ4n) is 4.33. The van der Waals surface area contributed by atoms with Crippen molar-refractivity contribution < 1.29 is 27.3 Å². The molecule has 9 nitrogen and oxygen atoms in total. The van der Waals surface area contributed by atoms with E-state index in [9.17, 15) is 27.7 Å². The molecule has 0 radical (unpaired) electrons. The quantitative estimate of drug-likeness (QED) is 0.316. The van der Waals surface area contributed by atoms with Gasteiger partial charge in [0.2, 0.25) is 0 Å². The number of rotatable bonds is 12.